The first kappa shape index (κ1) is 26.4. The van der Waals surface area contributed by atoms with Crippen molar-refractivity contribution >= 4 is 35.7 Å². The minimum absolute atomic E-state index is 0.0885. The van der Waals surface area contributed by atoms with E-state index in [0.29, 0.717) is 21.8 Å². The molecule has 2 aliphatic heterocycles. The second-order valence-corrected chi connectivity index (χ2v) is 9.47. The molecule has 1 saturated heterocycles. The van der Waals surface area contributed by atoms with Crippen LogP contribution in [0.2, 0.25) is 5.02 Å². The van der Waals surface area contributed by atoms with Gasteiger partial charge in [0.15, 0.2) is 12.0 Å². The molecule has 10 heteroatoms. The van der Waals surface area contributed by atoms with Crippen LogP contribution in [0.1, 0.15) is 24.0 Å². The normalized spacial score (nSPS) is 28.8. The molecule has 8 nitrogen and oxygen atoms in total. The highest BCUT2D eigenvalue weighted by atomic mass is 35.5. The standard InChI is InChI=1S/C26H25ClN2O6S/c1-13(31)19-20(14-7-9-16(27)10-8-14)17(11-28)26(36)29(21(19)15-5-3-2-4-6-15)25-24(34)23(33)22(32)18(12-30)35-25/h2-10,18,20,22-25,30,32-34,36H,12H2,1H3/t18-,20+,22+,23+,24+,25+/m0/s1. The fraction of sp³-hybridized carbons (Fsp3) is 0.308. The van der Waals surface area contributed by atoms with Crippen LogP contribution in [0.5, 0.6) is 0 Å². The fourth-order valence-electron chi connectivity index (χ4n) is 4.68. The smallest absolute Gasteiger partial charge is 0.164 e. The van der Waals surface area contributed by atoms with Crippen molar-refractivity contribution in [2.24, 2.45) is 0 Å². The largest absolute Gasteiger partial charge is 0.394 e. The number of carbonyl (C=O) groups excluding carboxylic acids is 1. The number of carbonyl (C=O) groups is 1. The molecular weight excluding hydrogens is 504 g/mol. The summed E-state index contributed by atoms with van der Waals surface area (Å²) in [6, 6.07) is 17.8. The quantitative estimate of drug-likeness (QED) is 0.373. The van der Waals surface area contributed by atoms with Crippen LogP contribution in [0, 0.1) is 11.3 Å². The minimum atomic E-state index is -1.67. The van der Waals surface area contributed by atoms with Crippen molar-refractivity contribution in [3.05, 3.63) is 86.9 Å². The second-order valence-electron chi connectivity index (χ2n) is 8.61. The van der Waals surface area contributed by atoms with E-state index in [1.54, 1.807) is 54.6 Å². The van der Waals surface area contributed by atoms with Crippen LogP contribution in [0.4, 0.5) is 0 Å². The van der Waals surface area contributed by atoms with Crippen molar-refractivity contribution in [2.75, 3.05) is 6.61 Å². The van der Waals surface area contributed by atoms with Crippen LogP contribution in [0.25, 0.3) is 5.70 Å². The number of aliphatic hydroxyl groups is 4. The molecule has 2 aliphatic rings. The van der Waals surface area contributed by atoms with E-state index in [0.717, 1.165) is 0 Å². The first-order chi connectivity index (χ1) is 17.2. The van der Waals surface area contributed by atoms with Gasteiger partial charge in [-0.05, 0) is 30.2 Å². The van der Waals surface area contributed by atoms with Crippen molar-refractivity contribution in [3.63, 3.8) is 0 Å². The van der Waals surface area contributed by atoms with Gasteiger partial charge in [-0.2, -0.15) is 5.26 Å². The van der Waals surface area contributed by atoms with Crippen LogP contribution >= 0.6 is 24.2 Å². The second kappa shape index (κ2) is 10.7. The van der Waals surface area contributed by atoms with Gasteiger partial charge in [-0.1, -0.05) is 54.1 Å². The van der Waals surface area contributed by atoms with Gasteiger partial charge in [-0.15, -0.1) is 12.6 Å². The number of benzene rings is 2. The summed E-state index contributed by atoms with van der Waals surface area (Å²) in [5.41, 5.74) is 1.88. The SMILES string of the molecule is CC(=O)C1=C(c2ccccc2)N([C@@H]2O[C@@H](CO)[C@@H](O)[C@@H](O)[C@H]2O)C(S)=C(C#N)[C@H]1c1ccc(Cl)cc1. The molecule has 0 saturated carbocycles. The van der Waals surface area contributed by atoms with E-state index in [-0.39, 0.29) is 22.0 Å². The summed E-state index contributed by atoms with van der Waals surface area (Å²) in [4.78, 5) is 14.6. The summed E-state index contributed by atoms with van der Waals surface area (Å²) < 4.78 is 5.83. The monoisotopic (exact) mass is 528 g/mol. The maximum absolute atomic E-state index is 13.2. The first-order valence-electron chi connectivity index (χ1n) is 11.2. The molecule has 2 heterocycles. The number of ether oxygens (including phenoxy) is 1. The fourth-order valence-corrected chi connectivity index (χ4v) is 5.20. The molecule has 0 spiro atoms. The van der Waals surface area contributed by atoms with E-state index < -0.39 is 43.2 Å². The van der Waals surface area contributed by atoms with Gasteiger partial charge in [0.2, 0.25) is 0 Å². The lowest BCUT2D eigenvalue weighted by molar-refractivity contribution is -0.252. The molecule has 0 unspecified atom stereocenters. The summed E-state index contributed by atoms with van der Waals surface area (Å²) in [6.45, 7) is 0.745. The van der Waals surface area contributed by atoms with Crippen molar-refractivity contribution in [2.45, 2.75) is 43.5 Å². The van der Waals surface area contributed by atoms with Crippen LogP contribution < -0.4 is 0 Å². The van der Waals surface area contributed by atoms with Gasteiger partial charge in [0.05, 0.1) is 34.9 Å². The average molecular weight is 529 g/mol. The number of rotatable bonds is 5. The van der Waals surface area contributed by atoms with Crippen LogP contribution in [0.3, 0.4) is 0 Å². The molecule has 36 heavy (non-hydrogen) atoms. The molecule has 0 aliphatic carbocycles. The molecule has 2 aromatic rings. The lowest BCUT2D eigenvalue weighted by atomic mass is 9.78. The Hall–Kier alpha value is -2.68. The zero-order valence-electron chi connectivity index (χ0n) is 19.2. The van der Waals surface area contributed by atoms with Crippen LogP contribution in [0.15, 0.2) is 70.8 Å². The third kappa shape index (κ3) is 4.58. The van der Waals surface area contributed by atoms with Crippen LogP contribution in [-0.4, -0.2) is 68.4 Å². The molecule has 2 aromatic carbocycles. The summed E-state index contributed by atoms with van der Waals surface area (Å²) >= 11 is 10.7. The zero-order valence-corrected chi connectivity index (χ0v) is 20.8. The Kier molecular flexibility index (Phi) is 7.87. The number of thiol groups is 1. The van der Waals surface area contributed by atoms with E-state index in [1.165, 1.54) is 11.8 Å². The van der Waals surface area contributed by atoms with E-state index >= 15 is 0 Å². The Morgan fingerprint density at radius 2 is 1.72 bits per heavy atom. The van der Waals surface area contributed by atoms with Gasteiger partial charge in [0, 0.05) is 10.6 Å². The van der Waals surface area contributed by atoms with Gasteiger partial charge in [0.1, 0.15) is 24.4 Å². The van der Waals surface area contributed by atoms with Gasteiger partial charge >= 0.3 is 0 Å². The summed E-state index contributed by atoms with van der Waals surface area (Å²) in [5, 5.41) is 52.2. The van der Waals surface area contributed by atoms with Crippen molar-refractivity contribution in [1.29, 1.82) is 5.26 Å². The highest BCUT2D eigenvalue weighted by molar-refractivity contribution is 7.84. The molecule has 4 rings (SSSR count). The van der Waals surface area contributed by atoms with Crippen molar-refractivity contribution < 1.29 is 30.0 Å². The van der Waals surface area contributed by atoms with Crippen molar-refractivity contribution in [3.8, 4) is 6.07 Å². The Bertz CT molecular complexity index is 1240. The van der Waals surface area contributed by atoms with Gasteiger partial charge in [-0.3, -0.25) is 4.79 Å². The Morgan fingerprint density at radius 1 is 1.08 bits per heavy atom. The number of aliphatic hydroxyl groups excluding tert-OH is 4. The average Bonchev–Trinajstić information content (AvgIpc) is 2.88. The third-order valence-corrected chi connectivity index (χ3v) is 7.12. The van der Waals surface area contributed by atoms with E-state index in [2.05, 4.69) is 18.7 Å². The number of hydrogen-bond acceptors (Lipinski definition) is 9. The zero-order chi connectivity index (χ0) is 26.1. The molecule has 0 bridgehead atoms. The Morgan fingerprint density at radius 3 is 2.28 bits per heavy atom. The van der Waals surface area contributed by atoms with Crippen LogP contribution in [-0.2, 0) is 9.53 Å². The Labute approximate surface area is 218 Å². The molecule has 6 atom stereocenters. The van der Waals surface area contributed by atoms with Gasteiger partial charge in [0.25, 0.3) is 0 Å². The predicted molar refractivity (Wildman–Crippen MR) is 135 cm³/mol. The summed E-state index contributed by atoms with van der Waals surface area (Å²) in [7, 11) is 0. The molecule has 188 valence electrons. The molecule has 0 amide bonds. The molecule has 4 N–H and O–H groups in total. The van der Waals surface area contributed by atoms with E-state index in [4.69, 9.17) is 16.3 Å². The van der Waals surface area contributed by atoms with E-state index in [9.17, 15) is 30.5 Å². The summed E-state index contributed by atoms with van der Waals surface area (Å²) in [5.74, 6) is -1.13. The number of halogens is 1. The maximum atomic E-state index is 13.2. The third-order valence-electron chi connectivity index (χ3n) is 6.41. The van der Waals surface area contributed by atoms with Gasteiger partial charge < -0.3 is 30.1 Å². The topological polar surface area (TPSA) is 134 Å². The highest BCUT2D eigenvalue weighted by Crippen LogP contribution is 2.48. The molecule has 0 radical (unpaired) electrons. The lowest BCUT2D eigenvalue weighted by Crippen LogP contribution is -2.62. The number of ketones is 1. The molecular formula is C26H25ClN2O6S. The summed E-state index contributed by atoms with van der Waals surface area (Å²) in [6.07, 6.45) is -7.49. The molecule has 1 fully saturated rings. The Balaban J connectivity index is 2.01. The first-order valence-corrected chi connectivity index (χ1v) is 12.0. The number of hydrogen-bond donors (Lipinski definition) is 5. The number of nitriles is 1. The molecule has 0 aromatic heterocycles. The maximum Gasteiger partial charge on any atom is 0.164 e. The number of allylic oxidation sites excluding steroid dienone is 2. The number of Topliss-reactive ketones (excluding diaryl/α,β-unsaturated/α-hetero) is 1. The van der Waals surface area contributed by atoms with Crippen molar-refractivity contribution in [1.82, 2.24) is 4.90 Å². The highest BCUT2D eigenvalue weighted by Gasteiger charge is 2.49. The number of nitrogens with zero attached hydrogens (tertiary/aromatic N) is 2. The minimum Gasteiger partial charge on any atom is -0.394 e. The van der Waals surface area contributed by atoms with E-state index in [1.807, 2.05) is 0 Å². The lowest BCUT2D eigenvalue weighted by Gasteiger charge is -2.48. The van der Waals surface area contributed by atoms with Gasteiger partial charge in [-0.25, -0.2) is 0 Å². The predicted octanol–water partition coefficient (Wildman–Crippen LogP) is 2.20.